The molecular formula is C14H14N2O3. The van der Waals surface area contributed by atoms with Crippen LogP contribution in [0.4, 0.5) is 0 Å². The van der Waals surface area contributed by atoms with E-state index in [1.165, 1.54) is 0 Å². The van der Waals surface area contributed by atoms with Gasteiger partial charge in [-0.25, -0.2) is 0 Å². The summed E-state index contributed by atoms with van der Waals surface area (Å²) in [4.78, 5) is 15.6. The van der Waals surface area contributed by atoms with Gasteiger partial charge in [-0.15, -0.1) is 0 Å². The Kier molecular flexibility index (Phi) is 3.03. The Hall–Kier alpha value is -2.17. The summed E-state index contributed by atoms with van der Waals surface area (Å²) >= 11 is 0. The van der Waals surface area contributed by atoms with Crippen molar-refractivity contribution in [1.82, 2.24) is 10.1 Å². The van der Waals surface area contributed by atoms with Gasteiger partial charge in [0.25, 0.3) is 0 Å². The zero-order valence-corrected chi connectivity index (χ0v) is 10.6. The van der Waals surface area contributed by atoms with E-state index in [-0.39, 0.29) is 18.3 Å². The van der Waals surface area contributed by atoms with Gasteiger partial charge in [-0.1, -0.05) is 30.3 Å². The molecule has 1 atom stereocenters. The summed E-state index contributed by atoms with van der Waals surface area (Å²) in [6, 6.07) is 7.86. The molecule has 5 heteroatoms. The van der Waals surface area contributed by atoms with Crippen molar-refractivity contribution in [1.29, 1.82) is 0 Å². The van der Waals surface area contributed by atoms with Gasteiger partial charge in [0.15, 0.2) is 6.10 Å². The molecule has 3 rings (SSSR count). The lowest BCUT2D eigenvalue weighted by atomic mass is 10.1. The minimum Gasteiger partial charge on any atom is -0.482 e. The number of nitrogens with zero attached hydrogens (tertiary/aromatic N) is 2. The topological polar surface area (TPSA) is 65.2 Å². The van der Waals surface area contributed by atoms with Gasteiger partial charge < -0.3 is 9.26 Å². The van der Waals surface area contributed by atoms with Crippen LogP contribution >= 0.6 is 0 Å². The Bertz CT molecular complexity index is 581. The summed E-state index contributed by atoms with van der Waals surface area (Å²) in [6.07, 6.45) is 1.19. The normalized spacial score (nSPS) is 17.0. The molecule has 98 valence electrons. The number of rotatable bonds is 4. The van der Waals surface area contributed by atoms with Crippen LogP contribution in [0.3, 0.4) is 0 Å². The van der Waals surface area contributed by atoms with Gasteiger partial charge in [0, 0.05) is 12.8 Å². The summed E-state index contributed by atoms with van der Waals surface area (Å²) in [5.74, 6) is 1.82. The fourth-order valence-electron chi connectivity index (χ4n) is 2.09. The quantitative estimate of drug-likeness (QED) is 0.841. The lowest BCUT2D eigenvalue weighted by Gasteiger charge is -2.04. The summed E-state index contributed by atoms with van der Waals surface area (Å²) in [5.41, 5.74) is 1.14. The molecule has 5 nitrogen and oxygen atoms in total. The fraction of sp³-hybridized carbons (Fsp3) is 0.357. The van der Waals surface area contributed by atoms with Gasteiger partial charge in [0.2, 0.25) is 11.7 Å². The van der Waals surface area contributed by atoms with Crippen molar-refractivity contribution in [3.8, 4) is 5.75 Å². The van der Waals surface area contributed by atoms with E-state index in [9.17, 15) is 4.79 Å². The first-order chi connectivity index (χ1) is 9.26. The second-order valence-electron chi connectivity index (χ2n) is 4.53. The van der Waals surface area contributed by atoms with E-state index < -0.39 is 0 Å². The summed E-state index contributed by atoms with van der Waals surface area (Å²) < 4.78 is 10.9. The number of hydrogen-bond donors (Lipinski definition) is 0. The first kappa shape index (κ1) is 11.9. The van der Waals surface area contributed by atoms with Crippen LogP contribution < -0.4 is 4.74 Å². The molecule has 1 aromatic heterocycles. The third-order valence-corrected chi connectivity index (χ3v) is 3.16. The molecule has 0 saturated heterocycles. The smallest absolute Gasteiger partial charge is 0.234 e. The number of para-hydroxylation sites is 1. The van der Waals surface area contributed by atoms with Gasteiger partial charge in [-0.05, 0) is 11.6 Å². The predicted octanol–water partition coefficient (Wildman–Crippen LogP) is 2.27. The van der Waals surface area contributed by atoms with Crippen molar-refractivity contribution >= 4 is 5.78 Å². The average Bonchev–Trinajstić information content (AvgIpc) is 3.04. The highest BCUT2D eigenvalue weighted by Crippen LogP contribution is 2.35. The molecule has 0 saturated carbocycles. The van der Waals surface area contributed by atoms with Crippen LogP contribution in [0.15, 0.2) is 28.8 Å². The second kappa shape index (κ2) is 4.84. The molecule has 1 aliphatic heterocycles. The number of carbonyl (C=O) groups excluding carboxylic acids is 1. The third kappa shape index (κ3) is 2.36. The van der Waals surface area contributed by atoms with E-state index in [0.717, 1.165) is 17.7 Å². The fourth-order valence-corrected chi connectivity index (χ4v) is 2.09. The molecule has 0 radical (unpaired) electrons. The number of hydrogen-bond acceptors (Lipinski definition) is 5. The molecule has 0 aliphatic carbocycles. The van der Waals surface area contributed by atoms with E-state index in [2.05, 4.69) is 10.1 Å². The van der Waals surface area contributed by atoms with Gasteiger partial charge >= 0.3 is 0 Å². The van der Waals surface area contributed by atoms with E-state index in [1.54, 1.807) is 0 Å². The maximum Gasteiger partial charge on any atom is 0.234 e. The van der Waals surface area contributed by atoms with Crippen LogP contribution in [0, 0.1) is 0 Å². The molecule has 1 aliphatic rings. The monoisotopic (exact) mass is 258 g/mol. The zero-order valence-electron chi connectivity index (χ0n) is 10.6. The number of ether oxygens (including phenoxy) is 1. The van der Waals surface area contributed by atoms with Crippen LogP contribution in [0.25, 0.3) is 0 Å². The van der Waals surface area contributed by atoms with Crippen molar-refractivity contribution in [3.63, 3.8) is 0 Å². The summed E-state index contributed by atoms with van der Waals surface area (Å²) in [7, 11) is 0. The summed E-state index contributed by atoms with van der Waals surface area (Å²) in [5, 5.41) is 3.91. The number of aromatic nitrogens is 2. The Morgan fingerprint density at radius 3 is 3.05 bits per heavy atom. The largest absolute Gasteiger partial charge is 0.482 e. The maximum atomic E-state index is 11.3. The lowest BCUT2D eigenvalue weighted by Crippen LogP contribution is -2.06. The first-order valence-electron chi connectivity index (χ1n) is 6.35. The minimum absolute atomic E-state index is 0.0887. The Labute approximate surface area is 110 Å². The molecule has 1 aromatic carbocycles. The highest BCUT2D eigenvalue weighted by atomic mass is 16.5. The number of fused-ring (bicyclic) bond motifs is 1. The third-order valence-electron chi connectivity index (χ3n) is 3.16. The second-order valence-corrected chi connectivity index (χ2v) is 4.53. The Balaban J connectivity index is 1.73. The van der Waals surface area contributed by atoms with Crippen molar-refractivity contribution in [2.75, 3.05) is 0 Å². The van der Waals surface area contributed by atoms with Crippen LogP contribution in [-0.2, 0) is 17.6 Å². The van der Waals surface area contributed by atoms with Crippen molar-refractivity contribution in [3.05, 3.63) is 41.5 Å². The SMILES string of the molecule is CCC(=O)Cc1nc(C2Cc3ccccc3O2)no1. The van der Waals surface area contributed by atoms with Crippen LogP contribution in [0.1, 0.15) is 36.7 Å². The van der Waals surface area contributed by atoms with Crippen molar-refractivity contribution < 1.29 is 14.1 Å². The highest BCUT2D eigenvalue weighted by molar-refractivity contribution is 5.79. The molecule has 0 fully saturated rings. The molecular weight excluding hydrogens is 244 g/mol. The van der Waals surface area contributed by atoms with Gasteiger partial charge in [0.1, 0.15) is 11.5 Å². The minimum atomic E-state index is -0.216. The molecule has 19 heavy (non-hydrogen) atoms. The molecule has 0 amide bonds. The van der Waals surface area contributed by atoms with E-state index in [0.29, 0.717) is 18.1 Å². The van der Waals surface area contributed by atoms with Crippen LogP contribution in [-0.4, -0.2) is 15.9 Å². The number of benzene rings is 1. The zero-order chi connectivity index (χ0) is 13.2. The standard InChI is InChI=1S/C14H14N2O3/c1-2-10(17)8-13-15-14(16-19-13)12-7-9-5-3-4-6-11(9)18-12/h3-6,12H,2,7-8H2,1H3. The Morgan fingerprint density at radius 1 is 1.42 bits per heavy atom. The number of ketones is 1. The Morgan fingerprint density at radius 2 is 2.26 bits per heavy atom. The molecule has 0 bridgehead atoms. The van der Waals surface area contributed by atoms with Gasteiger partial charge in [-0.2, -0.15) is 4.98 Å². The molecule has 2 aromatic rings. The first-order valence-corrected chi connectivity index (χ1v) is 6.35. The predicted molar refractivity (Wildman–Crippen MR) is 66.8 cm³/mol. The maximum absolute atomic E-state index is 11.3. The molecule has 2 heterocycles. The number of carbonyl (C=O) groups is 1. The molecule has 1 unspecified atom stereocenters. The van der Waals surface area contributed by atoms with Crippen molar-refractivity contribution in [2.24, 2.45) is 0 Å². The molecule has 0 N–H and O–H groups in total. The average molecular weight is 258 g/mol. The van der Waals surface area contributed by atoms with Gasteiger partial charge in [-0.3, -0.25) is 4.79 Å². The van der Waals surface area contributed by atoms with E-state index >= 15 is 0 Å². The van der Waals surface area contributed by atoms with Crippen LogP contribution in [0.2, 0.25) is 0 Å². The number of Topliss-reactive ketones (excluding diaryl/α,β-unsaturated/α-hetero) is 1. The summed E-state index contributed by atoms with van der Waals surface area (Å²) in [6.45, 7) is 1.82. The van der Waals surface area contributed by atoms with E-state index in [1.807, 2.05) is 31.2 Å². The van der Waals surface area contributed by atoms with Crippen molar-refractivity contribution in [2.45, 2.75) is 32.3 Å². The lowest BCUT2D eigenvalue weighted by molar-refractivity contribution is -0.118. The highest BCUT2D eigenvalue weighted by Gasteiger charge is 2.28. The van der Waals surface area contributed by atoms with Gasteiger partial charge in [0.05, 0.1) is 6.42 Å². The van der Waals surface area contributed by atoms with E-state index in [4.69, 9.17) is 9.26 Å². The van der Waals surface area contributed by atoms with Crippen LogP contribution in [0.5, 0.6) is 5.75 Å². The molecule has 0 spiro atoms.